The van der Waals surface area contributed by atoms with Crippen molar-refractivity contribution >= 4 is 11.7 Å². The highest BCUT2D eigenvalue weighted by molar-refractivity contribution is 5.93. The summed E-state index contributed by atoms with van der Waals surface area (Å²) in [5, 5.41) is 14.8. The van der Waals surface area contributed by atoms with Gasteiger partial charge in [-0.3, -0.25) is 4.90 Å². The van der Waals surface area contributed by atoms with Crippen LogP contribution >= 0.6 is 0 Å². The Hall–Kier alpha value is -2.09. The van der Waals surface area contributed by atoms with Crippen LogP contribution in [-0.4, -0.2) is 68.1 Å². The number of anilines is 1. The fourth-order valence-corrected chi connectivity index (χ4v) is 7.09. The molecular formula is C22H26N2O5. The number of carbonyl (C=O) groups excluding carboxylic acids is 1. The van der Waals surface area contributed by atoms with E-state index in [-0.39, 0.29) is 23.5 Å². The number of carbonyl (C=O) groups is 1. The van der Waals surface area contributed by atoms with E-state index >= 15 is 0 Å². The van der Waals surface area contributed by atoms with Crippen molar-refractivity contribution in [3.8, 4) is 5.75 Å². The van der Waals surface area contributed by atoms with Crippen LogP contribution in [0.5, 0.6) is 5.75 Å². The predicted molar refractivity (Wildman–Crippen MR) is 105 cm³/mol. The summed E-state index contributed by atoms with van der Waals surface area (Å²) >= 11 is 0. The number of piperidine rings is 1. The van der Waals surface area contributed by atoms with E-state index in [1.54, 1.807) is 7.11 Å². The second-order valence-corrected chi connectivity index (χ2v) is 8.96. The Labute approximate surface area is 169 Å². The number of nitrogens with zero attached hydrogens (tertiary/aromatic N) is 1. The van der Waals surface area contributed by atoms with Gasteiger partial charge >= 0.3 is 5.97 Å². The molecule has 0 amide bonds. The molecule has 6 rings (SSSR count). The van der Waals surface area contributed by atoms with Crippen molar-refractivity contribution in [1.82, 2.24) is 4.90 Å². The molecule has 0 bridgehead atoms. The summed E-state index contributed by atoms with van der Waals surface area (Å²) in [6.45, 7) is 2.23. The number of esters is 1. The van der Waals surface area contributed by atoms with Crippen LogP contribution in [-0.2, 0) is 19.7 Å². The second-order valence-electron chi connectivity index (χ2n) is 8.96. The number of rotatable bonds is 2. The van der Waals surface area contributed by atoms with Crippen LogP contribution in [0.3, 0.4) is 0 Å². The number of methoxy groups -OCH3 is 2. The quantitative estimate of drug-likeness (QED) is 0.729. The van der Waals surface area contributed by atoms with E-state index < -0.39 is 11.5 Å². The molecule has 2 spiro atoms. The molecule has 1 aromatic carbocycles. The highest BCUT2D eigenvalue weighted by atomic mass is 16.5. The minimum Gasteiger partial charge on any atom is -0.497 e. The van der Waals surface area contributed by atoms with Gasteiger partial charge in [-0.2, -0.15) is 0 Å². The largest absolute Gasteiger partial charge is 0.497 e. The number of benzene rings is 1. The first-order valence-electron chi connectivity index (χ1n) is 10.4. The first kappa shape index (κ1) is 17.7. The van der Waals surface area contributed by atoms with E-state index in [1.807, 2.05) is 12.1 Å². The third-order valence-electron chi connectivity index (χ3n) is 8.12. The van der Waals surface area contributed by atoms with Crippen molar-refractivity contribution in [2.45, 2.75) is 42.9 Å². The third kappa shape index (κ3) is 1.92. The summed E-state index contributed by atoms with van der Waals surface area (Å²) in [5.41, 5.74) is 2.90. The third-order valence-corrected chi connectivity index (χ3v) is 8.12. The maximum Gasteiger partial charge on any atom is 0.335 e. The summed E-state index contributed by atoms with van der Waals surface area (Å²) in [4.78, 5) is 15.5. The molecular weight excluding hydrogens is 372 g/mol. The summed E-state index contributed by atoms with van der Waals surface area (Å²) in [6, 6.07) is 6.21. The molecule has 5 atom stereocenters. The molecule has 2 N–H and O–H groups in total. The van der Waals surface area contributed by atoms with Crippen LogP contribution in [0.4, 0.5) is 5.69 Å². The minimum absolute atomic E-state index is 0.0442. The van der Waals surface area contributed by atoms with Gasteiger partial charge in [0.1, 0.15) is 5.75 Å². The molecule has 7 nitrogen and oxygen atoms in total. The van der Waals surface area contributed by atoms with Crippen molar-refractivity contribution in [2.24, 2.45) is 5.41 Å². The molecule has 5 aliphatic rings. The van der Waals surface area contributed by atoms with Gasteiger partial charge in [0, 0.05) is 35.5 Å². The maximum absolute atomic E-state index is 12.9. The van der Waals surface area contributed by atoms with Gasteiger partial charge in [-0.15, -0.1) is 0 Å². The van der Waals surface area contributed by atoms with Crippen molar-refractivity contribution < 1.29 is 24.1 Å². The molecule has 154 valence electrons. The van der Waals surface area contributed by atoms with Crippen molar-refractivity contribution in [3.05, 3.63) is 35.0 Å². The van der Waals surface area contributed by atoms with E-state index in [9.17, 15) is 9.90 Å². The van der Waals surface area contributed by atoms with Crippen molar-refractivity contribution in [3.63, 3.8) is 0 Å². The van der Waals surface area contributed by atoms with Gasteiger partial charge in [-0.1, -0.05) is 6.07 Å². The van der Waals surface area contributed by atoms with Crippen LogP contribution in [0.25, 0.3) is 0 Å². The topological polar surface area (TPSA) is 80.3 Å². The zero-order chi connectivity index (χ0) is 20.0. The Morgan fingerprint density at radius 3 is 3.00 bits per heavy atom. The fourth-order valence-electron chi connectivity index (χ4n) is 7.09. The molecule has 0 aromatic heterocycles. The molecule has 4 aliphatic heterocycles. The van der Waals surface area contributed by atoms with Crippen LogP contribution in [0, 0.1) is 5.41 Å². The van der Waals surface area contributed by atoms with E-state index in [2.05, 4.69) is 16.3 Å². The standard InChI is InChI=1S/C22H26N2O5/c1-27-12-3-4-14-15(9-12)23-18-13(19(26)28-2)10-22-16(25)11-29-17(22)5-7-24-8-6-21(14,18)20(22)24/h3-4,9,16-17,20,23,25H,5-8,10-11H2,1-2H3. The summed E-state index contributed by atoms with van der Waals surface area (Å²) in [6.07, 6.45) is 1.62. The van der Waals surface area contributed by atoms with Crippen LogP contribution in [0.1, 0.15) is 24.8 Å². The van der Waals surface area contributed by atoms with E-state index in [0.717, 1.165) is 43.1 Å². The van der Waals surface area contributed by atoms with E-state index in [1.165, 1.54) is 12.7 Å². The van der Waals surface area contributed by atoms with E-state index in [4.69, 9.17) is 14.2 Å². The number of hydrogen-bond donors (Lipinski definition) is 2. The molecule has 3 fully saturated rings. The Kier molecular flexibility index (Phi) is 3.51. The van der Waals surface area contributed by atoms with Crippen LogP contribution in [0.2, 0.25) is 0 Å². The predicted octanol–water partition coefficient (Wildman–Crippen LogP) is 1.41. The molecule has 0 radical (unpaired) electrons. The molecule has 5 unspecified atom stereocenters. The van der Waals surface area contributed by atoms with E-state index in [0.29, 0.717) is 18.6 Å². The lowest BCUT2D eigenvalue weighted by molar-refractivity contribution is -0.139. The van der Waals surface area contributed by atoms with Crippen molar-refractivity contribution in [2.75, 3.05) is 39.2 Å². The van der Waals surface area contributed by atoms with Crippen molar-refractivity contribution in [1.29, 1.82) is 0 Å². The Morgan fingerprint density at radius 1 is 1.34 bits per heavy atom. The monoisotopic (exact) mass is 398 g/mol. The average molecular weight is 398 g/mol. The lowest BCUT2D eigenvalue weighted by atomic mass is 9.52. The summed E-state index contributed by atoms with van der Waals surface area (Å²) < 4.78 is 16.7. The second kappa shape index (κ2) is 5.74. The molecule has 1 aromatic rings. The summed E-state index contributed by atoms with van der Waals surface area (Å²) in [7, 11) is 3.09. The smallest absolute Gasteiger partial charge is 0.335 e. The lowest BCUT2D eigenvalue weighted by Gasteiger charge is -2.57. The number of fused-ring (bicyclic) bond motifs is 1. The number of ether oxygens (including phenoxy) is 3. The molecule has 0 saturated carbocycles. The minimum atomic E-state index is -0.598. The Morgan fingerprint density at radius 2 is 2.21 bits per heavy atom. The maximum atomic E-state index is 12.9. The average Bonchev–Trinajstić information content (AvgIpc) is 3.40. The number of nitrogens with one attached hydrogen (secondary N) is 1. The van der Waals surface area contributed by atoms with Gasteiger partial charge < -0.3 is 24.6 Å². The normalized spacial score (nSPS) is 39.3. The van der Waals surface area contributed by atoms with Gasteiger partial charge in [0.25, 0.3) is 0 Å². The number of hydrogen-bond acceptors (Lipinski definition) is 7. The molecule has 29 heavy (non-hydrogen) atoms. The van der Waals surface area contributed by atoms with Gasteiger partial charge in [-0.05, 0) is 37.4 Å². The first-order valence-corrected chi connectivity index (χ1v) is 10.4. The fraction of sp³-hybridized carbons (Fsp3) is 0.591. The van der Waals surface area contributed by atoms with Crippen LogP contribution in [0.15, 0.2) is 29.5 Å². The first-order chi connectivity index (χ1) is 14.1. The Balaban J connectivity index is 1.65. The molecule has 3 saturated heterocycles. The Bertz CT molecular complexity index is 945. The molecule has 4 heterocycles. The zero-order valence-electron chi connectivity index (χ0n) is 16.7. The number of aliphatic hydroxyl groups is 1. The highest BCUT2D eigenvalue weighted by Gasteiger charge is 2.72. The summed E-state index contributed by atoms with van der Waals surface area (Å²) in [5.74, 6) is 0.461. The van der Waals surface area contributed by atoms with Gasteiger partial charge in [0.15, 0.2) is 0 Å². The highest BCUT2D eigenvalue weighted by Crippen LogP contribution is 2.67. The lowest BCUT2D eigenvalue weighted by Crippen LogP contribution is -2.66. The van der Waals surface area contributed by atoms with Gasteiger partial charge in [0.2, 0.25) is 0 Å². The van der Waals surface area contributed by atoms with Crippen LogP contribution < -0.4 is 10.1 Å². The zero-order valence-corrected chi connectivity index (χ0v) is 16.7. The molecule has 7 heteroatoms. The SMILES string of the molecule is COC(=O)C1=C2Nc3cc(OC)ccc3C23CCN2CCC4OCC(O)C4(C1)C23. The molecule has 1 aliphatic carbocycles. The van der Waals surface area contributed by atoms with Gasteiger partial charge in [0.05, 0.1) is 44.0 Å². The number of aliphatic hydroxyl groups excluding tert-OH is 1. The van der Waals surface area contributed by atoms with Gasteiger partial charge in [-0.25, -0.2) is 4.79 Å².